The van der Waals surface area contributed by atoms with Gasteiger partial charge >= 0.3 is 0 Å². The molecular formula is C13H29N3. The average Bonchev–Trinajstić information content (AvgIpc) is 2.25. The molecule has 1 rings (SSSR count). The predicted molar refractivity (Wildman–Crippen MR) is 70.6 cm³/mol. The van der Waals surface area contributed by atoms with Crippen molar-refractivity contribution in [3.05, 3.63) is 0 Å². The third kappa shape index (κ3) is 3.72. The van der Waals surface area contributed by atoms with Crippen LogP contribution in [0.15, 0.2) is 0 Å². The van der Waals surface area contributed by atoms with Crippen LogP contribution in [0.3, 0.4) is 0 Å². The van der Waals surface area contributed by atoms with Gasteiger partial charge in [0.1, 0.15) is 0 Å². The Balaban J connectivity index is 2.41. The van der Waals surface area contributed by atoms with Crippen LogP contribution < -0.4 is 5.73 Å². The minimum Gasteiger partial charge on any atom is -0.330 e. The molecule has 16 heavy (non-hydrogen) atoms. The molecule has 3 heteroatoms. The molecule has 3 nitrogen and oxygen atoms in total. The second-order valence-electron chi connectivity index (χ2n) is 5.83. The molecule has 0 spiro atoms. The summed E-state index contributed by atoms with van der Waals surface area (Å²) in [4.78, 5) is 5.20. The Kier molecular flexibility index (Phi) is 5.22. The molecule has 0 amide bonds. The summed E-state index contributed by atoms with van der Waals surface area (Å²) in [7, 11) is 0. The first-order chi connectivity index (χ1) is 7.49. The normalized spacial score (nSPS) is 22.3. The number of nitrogens with zero attached hydrogens (tertiary/aromatic N) is 2. The van der Waals surface area contributed by atoms with Gasteiger partial charge in [-0.3, -0.25) is 9.80 Å². The van der Waals surface area contributed by atoms with Crippen molar-refractivity contribution in [3.8, 4) is 0 Å². The summed E-state index contributed by atoms with van der Waals surface area (Å²) < 4.78 is 0. The van der Waals surface area contributed by atoms with Gasteiger partial charge in [0.25, 0.3) is 0 Å². The van der Waals surface area contributed by atoms with Crippen molar-refractivity contribution in [3.63, 3.8) is 0 Å². The van der Waals surface area contributed by atoms with Gasteiger partial charge in [-0.15, -0.1) is 0 Å². The molecule has 0 aromatic heterocycles. The molecular weight excluding hydrogens is 198 g/mol. The van der Waals surface area contributed by atoms with E-state index in [4.69, 9.17) is 5.73 Å². The van der Waals surface area contributed by atoms with Gasteiger partial charge in [0.15, 0.2) is 0 Å². The summed E-state index contributed by atoms with van der Waals surface area (Å²) in [5, 5.41) is 0. The molecule has 1 aliphatic rings. The minimum absolute atomic E-state index is 0.321. The van der Waals surface area contributed by atoms with E-state index >= 15 is 0 Å². The number of piperazine rings is 1. The lowest BCUT2D eigenvalue weighted by Crippen LogP contribution is -2.55. The van der Waals surface area contributed by atoms with E-state index in [0.29, 0.717) is 11.6 Å². The maximum Gasteiger partial charge on any atom is 0.0126 e. The molecule has 1 saturated heterocycles. The molecule has 2 N–H and O–H groups in total. The summed E-state index contributed by atoms with van der Waals surface area (Å²) in [6, 6.07) is 0.701. The van der Waals surface area contributed by atoms with Crippen LogP contribution in [0.5, 0.6) is 0 Å². The van der Waals surface area contributed by atoms with Gasteiger partial charge in [-0.05, 0) is 40.2 Å². The SMILES string of the molecule is CCC(CCN)N1CCN(C(C)(C)C)CC1. The van der Waals surface area contributed by atoms with Crippen molar-refractivity contribution in [2.75, 3.05) is 32.7 Å². The Morgan fingerprint density at radius 2 is 1.69 bits per heavy atom. The van der Waals surface area contributed by atoms with Crippen molar-refractivity contribution in [2.24, 2.45) is 5.73 Å². The number of rotatable bonds is 4. The first-order valence-corrected chi connectivity index (χ1v) is 6.68. The minimum atomic E-state index is 0.321. The van der Waals surface area contributed by atoms with Gasteiger partial charge in [0.05, 0.1) is 0 Å². The average molecular weight is 227 g/mol. The van der Waals surface area contributed by atoms with Crippen molar-refractivity contribution in [1.82, 2.24) is 9.80 Å². The highest BCUT2D eigenvalue weighted by Crippen LogP contribution is 2.18. The fourth-order valence-corrected chi connectivity index (χ4v) is 2.60. The van der Waals surface area contributed by atoms with Crippen molar-refractivity contribution < 1.29 is 0 Å². The topological polar surface area (TPSA) is 32.5 Å². The quantitative estimate of drug-likeness (QED) is 0.790. The monoisotopic (exact) mass is 227 g/mol. The number of hydrogen-bond donors (Lipinski definition) is 1. The highest BCUT2D eigenvalue weighted by atomic mass is 15.3. The molecule has 0 aromatic rings. The van der Waals surface area contributed by atoms with Crippen LogP contribution in [0.25, 0.3) is 0 Å². The van der Waals surface area contributed by atoms with Crippen LogP contribution in [-0.4, -0.2) is 54.1 Å². The maximum absolute atomic E-state index is 5.67. The first-order valence-electron chi connectivity index (χ1n) is 6.68. The van der Waals surface area contributed by atoms with E-state index in [1.165, 1.54) is 32.6 Å². The molecule has 0 aromatic carbocycles. The lowest BCUT2D eigenvalue weighted by atomic mass is 10.0. The first kappa shape index (κ1) is 13.9. The zero-order valence-corrected chi connectivity index (χ0v) is 11.5. The zero-order valence-electron chi connectivity index (χ0n) is 11.5. The largest absolute Gasteiger partial charge is 0.330 e. The van der Waals surface area contributed by atoms with E-state index in [1.807, 2.05) is 0 Å². The highest BCUT2D eigenvalue weighted by Gasteiger charge is 2.27. The van der Waals surface area contributed by atoms with Crippen LogP contribution >= 0.6 is 0 Å². The predicted octanol–water partition coefficient (Wildman–Crippen LogP) is 1.53. The smallest absolute Gasteiger partial charge is 0.0126 e. The van der Waals surface area contributed by atoms with Gasteiger partial charge in [-0.2, -0.15) is 0 Å². The highest BCUT2D eigenvalue weighted by molar-refractivity contribution is 4.84. The Hall–Kier alpha value is -0.120. The standard InChI is InChI=1S/C13H29N3/c1-5-12(6-7-14)15-8-10-16(11-9-15)13(2,3)4/h12H,5-11,14H2,1-4H3. The van der Waals surface area contributed by atoms with Gasteiger partial charge in [0.2, 0.25) is 0 Å². The fraction of sp³-hybridized carbons (Fsp3) is 1.00. The zero-order chi connectivity index (χ0) is 12.2. The third-order valence-corrected chi connectivity index (χ3v) is 3.75. The molecule has 96 valence electrons. The van der Waals surface area contributed by atoms with E-state index in [1.54, 1.807) is 0 Å². The third-order valence-electron chi connectivity index (χ3n) is 3.75. The number of hydrogen-bond acceptors (Lipinski definition) is 3. The molecule has 1 heterocycles. The second-order valence-corrected chi connectivity index (χ2v) is 5.83. The summed E-state index contributed by atoms with van der Waals surface area (Å²) >= 11 is 0. The fourth-order valence-electron chi connectivity index (χ4n) is 2.60. The molecule has 1 unspecified atom stereocenters. The van der Waals surface area contributed by atoms with Gasteiger partial charge in [-0.25, -0.2) is 0 Å². The van der Waals surface area contributed by atoms with E-state index in [9.17, 15) is 0 Å². The van der Waals surface area contributed by atoms with E-state index in [2.05, 4.69) is 37.5 Å². The van der Waals surface area contributed by atoms with Crippen LogP contribution in [0.4, 0.5) is 0 Å². The molecule has 1 fully saturated rings. The van der Waals surface area contributed by atoms with Gasteiger partial charge in [0, 0.05) is 37.8 Å². The Morgan fingerprint density at radius 1 is 1.12 bits per heavy atom. The van der Waals surface area contributed by atoms with Crippen LogP contribution in [0.2, 0.25) is 0 Å². The number of nitrogens with two attached hydrogens (primary N) is 1. The van der Waals surface area contributed by atoms with E-state index < -0.39 is 0 Å². The van der Waals surface area contributed by atoms with Gasteiger partial charge < -0.3 is 5.73 Å². The Bertz CT molecular complexity index is 190. The maximum atomic E-state index is 5.67. The lowest BCUT2D eigenvalue weighted by molar-refractivity contribution is 0.0396. The molecule has 0 bridgehead atoms. The van der Waals surface area contributed by atoms with Crippen LogP contribution in [0.1, 0.15) is 40.5 Å². The summed E-state index contributed by atoms with van der Waals surface area (Å²) in [6.45, 7) is 14.8. The Labute approximate surface area is 101 Å². The molecule has 0 radical (unpaired) electrons. The lowest BCUT2D eigenvalue weighted by Gasteiger charge is -2.44. The second kappa shape index (κ2) is 5.99. The van der Waals surface area contributed by atoms with Crippen LogP contribution in [0, 0.1) is 0 Å². The summed E-state index contributed by atoms with van der Waals surface area (Å²) in [5.74, 6) is 0. The summed E-state index contributed by atoms with van der Waals surface area (Å²) in [6.07, 6.45) is 2.37. The Morgan fingerprint density at radius 3 is 2.06 bits per heavy atom. The van der Waals surface area contributed by atoms with E-state index in [0.717, 1.165) is 13.0 Å². The van der Waals surface area contributed by atoms with Crippen molar-refractivity contribution in [2.45, 2.75) is 52.1 Å². The molecule has 1 atom stereocenters. The van der Waals surface area contributed by atoms with Crippen LogP contribution in [-0.2, 0) is 0 Å². The summed E-state index contributed by atoms with van der Waals surface area (Å²) in [5.41, 5.74) is 5.99. The van der Waals surface area contributed by atoms with Gasteiger partial charge in [-0.1, -0.05) is 6.92 Å². The van der Waals surface area contributed by atoms with Crippen molar-refractivity contribution in [1.29, 1.82) is 0 Å². The van der Waals surface area contributed by atoms with E-state index in [-0.39, 0.29) is 0 Å². The van der Waals surface area contributed by atoms with Crippen molar-refractivity contribution >= 4 is 0 Å². The molecule has 0 saturated carbocycles. The molecule has 1 aliphatic heterocycles. The molecule has 0 aliphatic carbocycles.